The summed E-state index contributed by atoms with van der Waals surface area (Å²) in [7, 11) is 0. The summed E-state index contributed by atoms with van der Waals surface area (Å²) < 4.78 is 32.4. The van der Waals surface area contributed by atoms with Gasteiger partial charge >= 0.3 is 0 Å². The predicted octanol–water partition coefficient (Wildman–Crippen LogP) is 3.43. The first-order valence-corrected chi connectivity index (χ1v) is 6.62. The topological polar surface area (TPSA) is 38.3 Å². The van der Waals surface area contributed by atoms with E-state index in [1.54, 1.807) is 12.1 Å². The molecule has 5 heteroatoms. The molecule has 0 spiro atoms. The van der Waals surface area contributed by atoms with Gasteiger partial charge in [-0.2, -0.15) is 0 Å². The minimum atomic E-state index is -0.638. The van der Waals surface area contributed by atoms with Gasteiger partial charge in [-0.1, -0.05) is 12.1 Å². The van der Waals surface area contributed by atoms with Gasteiger partial charge in [0.15, 0.2) is 0 Å². The molecule has 21 heavy (non-hydrogen) atoms. The van der Waals surface area contributed by atoms with Crippen LogP contribution in [0.1, 0.15) is 17.5 Å². The predicted molar refractivity (Wildman–Crippen MR) is 74.1 cm³/mol. The zero-order valence-electron chi connectivity index (χ0n) is 11.2. The molecule has 0 radical (unpaired) electrons. The van der Waals surface area contributed by atoms with Crippen LogP contribution in [0.15, 0.2) is 36.4 Å². The third kappa shape index (κ3) is 2.86. The summed E-state index contributed by atoms with van der Waals surface area (Å²) >= 11 is 0. The fraction of sp³-hybridized carbons (Fsp3) is 0.188. The highest BCUT2D eigenvalue weighted by Crippen LogP contribution is 2.27. The van der Waals surface area contributed by atoms with E-state index < -0.39 is 11.6 Å². The summed E-state index contributed by atoms with van der Waals surface area (Å²) in [6.45, 7) is -0.203. The number of hydrogen-bond acceptors (Lipinski definition) is 2. The molecule has 1 aliphatic heterocycles. The highest BCUT2D eigenvalue weighted by atomic mass is 19.1. The molecule has 1 amide bonds. The summed E-state index contributed by atoms with van der Waals surface area (Å²) in [5.74, 6) is -0.860. The van der Waals surface area contributed by atoms with Crippen molar-refractivity contribution in [2.75, 3.05) is 5.32 Å². The number of carbonyl (C=O) groups excluding carboxylic acids is 1. The monoisotopic (exact) mass is 289 g/mol. The number of halogens is 2. The average molecular weight is 289 g/mol. The van der Waals surface area contributed by atoms with Crippen molar-refractivity contribution in [1.82, 2.24) is 0 Å². The van der Waals surface area contributed by atoms with Crippen LogP contribution in [0.3, 0.4) is 0 Å². The van der Waals surface area contributed by atoms with Crippen molar-refractivity contribution in [1.29, 1.82) is 0 Å². The van der Waals surface area contributed by atoms with Crippen LogP contribution < -0.4 is 10.1 Å². The van der Waals surface area contributed by atoms with E-state index in [9.17, 15) is 13.6 Å². The first-order chi connectivity index (χ1) is 10.1. The first-order valence-electron chi connectivity index (χ1n) is 6.62. The van der Waals surface area contributed by atoms with Crippen molar-refractivity contribution in [3.05, 3.63) is 59.2 Å². The van der Waals surface area contributed by atoms with Crippen LogP contribution in [0.25, 0.3) is 0 Å². The molecule has 0 unspecified atom stereocenters. The van der Waals surface area contributed by atoms with E-state index in [2.05, 4.69) is 5.32 Å². The second-order valence-electron chi connectivity index (χ2n) is 4.86. The Morgan fingerprint density at radius 1 is 1.10 bits per heavy atom. The summed E-state index contributed by atoms with van der Waals surface area (Å²) in [6, 6.07) is 8.94. The lowest BCUT2D eigenvalue weighted by Gasteiger charge is -2.17. The quantitative estimate of drug-likeness (QED) is 0.940. The number of fused-ring (bicyclic) bond motifs is 1. The van der Waals surface area contributed by atoms with Gasteiger partial charge in [0.2, 0.25) is 5.91 Å². The summed E-state index contributed by atoms with van der Waals surface area (Å²) in [6.07, 6.45) is 1.15. The van der Waals surface area contributed by atoms with Crippen LogP contribution >= 0.6 is 0 Å². The van der Waals surface area contributed by atoms with Crippen molar-refractivity contribution in [3.63, 3.8) is 0 Å². The second kappa shape index (κ2) is 5.52. The molecule has 0 aromatic heterocycles. The second-order valence-corrected chi connectivity index (χ2v) is 4.86. The Hall–Kier alpha value is -2.43. The molecule has 3 rings (SSSR count). The fourth-order valence-corrected chi connectivity index (χ4v) is 2.27. The molecule has 0 aliphatic carbocycles. The van der Waals surface area contributed by atoms with Crippen LogP contribution in [0.5, 0.6) is 5.75 Å². The number of nitrogens with one attached hydrogen (secondary N) is 1. The van der Waals surface area contributed by atoms with E-state index in [0.717, 1.165) is 5.56 Å². The Morgan fingerprint density at radius 2 is 1.86 bits per heavy atom. The number of rotatable bonds is 3. The van der Waals surface area contributed by atoms with E-state index in [1.165, 1.54) is 18.2 Å². The largest absolute Gasteiger partial charge is 0.489 e. The summed E-state index contributed by atoms with van der Waals surface area (Å²) in [5.41, 5.74) is 1.61. The molecule has 1 N–H and O–H groups in total. The maximum absolute atomic E-state index is 13.5. The Morgan fingerprint density at radius 3 is 2.62 bits per heavy atom. The summed E-state index contributed by atoms with van der Waals surface area (Å²) in [5, 5.41) is 2.75. The molecule has 0 atom stereocenters. The van der Waals surface area contributed by atoms with Crippen LogP contribution in [0.2, 0.25) is 0 Å². The molecule has 0 fully saturated rings. The molecule has 2 aromatic rings. The maximum Gasteiger partial charge on any atom is 0.224 e. The van der Waals surface area contributed by atoms with Gasteiger partial charge in [-0.15, -0.1) is 0 Å². The number of aryl methyl sites for hydroxylation is 1. The standard InChI is InChI=1S/C16H13F2NO2/c17-13-2-1-3-14(18)12(13)9-21-11-6-4-10-5-7-16(20)19-15(10)8-11/h1-4,6,8H,5,7,9H2,(H,19,20). The zero-order chi connectivity index (χ0) is 14.8. The highest BCUT2D eigenvalue weighted by Gasteiger charge is 2.15. The minimum Gasteiger partial charge on any atom is -0.489 e. The Kier molecular flexibility index (Phi) is 3.56. The zero-order valence-corrected chi connectivity index (χ0v) is 11.2. The molecule has 0 bridgehead atoms. The van der Waals surface area contributed by atoms with Gasteiger partial charge in [0.1, 0.15) is 24.0 Å². The highest BCUT2D eigenvalue weighted by molar-refractivity contribution is 5.94. The molecule has 1 aliphatic rings. The molecule has 1 heterocycles. The van der Waals surface area contributed by atoms with Gasteiger partial charge in [0.25, 0.3) is 0 Å². The van der Waals surface area contributed by atoms with Crippen LogP contribution in [-0.2, 0) is 17.8 Å². The average Bonchev–Trinajstić information content (AvgIpc) is 2.46. The van der Waals surface area contributed by atoms with Crippen molar-refractivity contribution >= 4 is 11.6 Å². The smallest absolute Gasteiger partial charge is 0.224 e. The van der Waals surface area contributed by atoms with Gasteiger partial charge in [0, 0.05) is 18.2 Å². The van der Waals surface area contributed by atoms with Crippen molar-refractivity contribution in [2.24, 2.45) is 0 Å². The number of anilines is 1. The van der Waals surface area contributed by atoms with E-state index >= 15 is 0 Å². The lowest BCUT2D eigenvalue weighted by atomic mass is 10.0. The van der Waals surface area contributed by atoms with E-state index in [4.69, 9.17) is 4.74 Å². The van der Waals surface area contributed by atoms with Crippen molar-refractivity contribution < 1.29 is 18.3 Å². The van der Waals surface area contributed by atoms with Gasteiger partial charge in [-0.05, 0) is 30.2 Å². The number of ether oxygens (including phenoxy) is 1. The molecule has 2 aromatic carbocycles. The molecule has 3 nitrogen and oxygen atoms in total. The number of hydrogen-bond donors (Lipinski definition) is 1. The molecular formula is C16H13F2NO2. The minimum absolute atomic E-state index is 0.0419. The van der Waals surface area contributed by atoms with Crippen molar-refractivity contribution in [3.8, 4) is 5.75 Å². The Bertz CT molecular complexity index is 680. The van der Waals surface area contributed by atoms with E-state index in [1.807, 2.05) is 6.07 Å². The van der Waals surface area contributed by atoms with Gasteiger partial charge < -0.3 is 10.1 Å². The van der Waals surface area contributed by atoms with Gasteiger partial charge in [0.05, 0.1) is 5.56 Å². The van der Waals surface area contributed by atoms with Gasteiger partial charge in [-0.25, -0.2) is 8.78 Å². The van der Waals surface area contributed by atoms with Gasteiger partial charge in [-0.3, -0.25) is 4.79 Å². The third-order valence-corrected chi connectivity index (χ3v) is 3.42. The Balaban J connectivity index is 1.77. The Labute approximate surface area is 120 Å². The third-order valence-electron chi connectivity index (χ3n) is 3.42. The lowest BCUT2D eigenvalue weighted by molar-refractivity contribution is -0.116. The summed E-state index contributed by atoms with van der Waals surface area (Å²) in [4.78, 5) is 11.4. The SMILES string of the molecule is O=C1CCc2ccc(OCc3c(F)cccc3F)cc2N1. The number of amides is 1. The van der Waals surface area contributed by atoms with Crippen LogP contribution in [0.4, 0.5) is 14.5 Å². The normalized spacial score (nSPS) is 13.5. The number of carbonyl (C=O) groups is 1. The fourth-order valence-electron chi connectivity index (χ4n) is 2.27. The van der Waals surface area contributed by atoms with Crippen LogP contribution in [-0.4, -0.2) is 5.91 Å². The van der Waals surface area contributed by atoms with E-state index in [-0.39, 0.29) is 18.1 Å². The molecule has 0 saturated carbocycles. The molecule has 0 saturated heterocycles. The molecular weight excluding hydrogens is 276 g/mol. The van der Waals surface area contributed by atoms with E-state index in [0.29, 0.717) is 24.3 Å². The first kappa shape index (κ1) is 13.5. The number of benzene rings is 2. The lowest BCUT2D eigenvalue weighted by Crippen LogP contribution is -2.18. The van der Waals surface area contributed by atoms with Crippen molar-refractivity contribution in [2.45, 2.75) is 19.4 Å². The molecule has 108 valence electrons. The maximum atomic E-state index is 13.5. The van der Waals surface area contributed by atoms with Crippen LogP contribution in [0, 0.1) is 11.6 Å².